The second-order valence-corrected chi connectivity index (χ2v) is 8.20. The number of nitrogens with zero attached hydrogens (tertiary/aromatic N) is 4. The number of thiazole rings is 1. The van der Waals surface area contributed by atoms with Crippen LogP contribution in [0.1, 0.15) is 28.2 Å². The van der Waals surface area contributed by atoms with Crippen molar-refractivity contribution in [2.75, 3.05) is 39.4 Å². The number of pyridine rings is 1. The Hall–Kier alpha value is -2.32. The molecule has 2 fully saturated rings. The van der Waals surface area contributed by atoms with E-state index in [1.807, 2.05) is 28.9 Å². The number of likely N-dealkylation sites (tertiary alicyclic amines) is 1. The first-order valence-corrected chi connectivity index (χ1v) is 10.5. The highest BCUT2D eigenvalue weighted by molar-refractivity contribution is 7.17. The smallest absolute Gasteiger partial charge is 0.265 e. The number of carbonyl (C=O) groups is 2. The van der Waals surface area contributed by atoms with Crippen molar-refractivity contribution < 1.29 is 14.3 Å². The predicted octanol–water partition coefficient (Wildman–Crippen LogP) is 2.22. The SMILES string of the molecule is Cc1nc(-c2cccnc2)sc1C(=O)N1CCCC(C(=O)N2CCOCC2)C1. The van der Waals surface area contributed by atoms with Gasteiger partial charge < -0.3 is 14.5 Å². The van der Waals surface area contributed by atoms with E-state index >= 15 is 0 Å². The summed E-state index contributed by atoms with van der Waals surface area (Å²) < 4.78 is 5.34. The van der Waals surface area contributed by atoms with Crippen molar-refractivity contribution in [1.29, 1.82) is 0 Å². The Balaban J connectivity index is 1.47. The Bertz CT molecular complexity index is 848. The molecule has 7 nitrogen and oxygen atoms in total. The molecule has 1 unspecified atom stereocenters. The minimum atomic E-state index is -0.123. The van der Waals surface area contributed by atoms with Crippen molar-refractivity contribution in [3.05, 3.63) is 35.1 Å². The maximum atomic E-state index is 13.1. The van der Waals surface area contributed by atoms with Gasteiger partial charge in [0, 0.05) is 44.1 Å². The number of hydrogen-bond acceptors (Lipinski definition) is 6. The molecule has 148 valence electrons. The molecule has 2 aliphatic rings. The van der Waals surface area contributed by atoms with Crippen LogP contribution in [0.15, 0.2) is 24.5 Å². The van der Waals surface area contributed by atoms with Crippen molar-refractivity contribution in [3.8, 4) is 10.6 Å². The van der Waals surface area contributed by atoms with Gasteiger partial charge in [-0.25, -0.2) is 4.98 Å². The van der Waals surface area contributed by atoms with Crippen LogP contribution in [0.3, 0.4) is 0 Å². The highest BCUT2D eigenvalue weighted by Gasteiger charge is 2.33. The van der Waals surface area contributed by atoms with Crippen LogP contribution in [0.2, 0.25) is 0 Å². The van der Waals surface area contributed by atoms with Crippen molar-refractivity contribution in [2.45, 2.75) is 19.8 Å². The van der Waals surface area contributed by atoms with E-state index in [4.69, 9.17) is 4.74 Å². The molecule has 2 aromatic heterocycles. The maximum absolute atomic E-state index is 13.1. The third-order valence-electron chi connectivity index (χ3n) is 5.28. The Morgan fingerprint density at radius 2 is 2.04 bits per heavy atom. The highest BCUT2D eigenvalue weighted by Crippen LogP contribution is 2.30. The standard InChI is InChI=1S/C20H24N4O3S/c1-14-17(28-18(22-14)15-4-2-6-21-12-15)20(26)24-7-3-5-16(13-24)19(25)23-8-10-27-11-9-23/h2,4,6,12,16H,3,5,7-11,13H2,1H3. The number of ether oxygens (including phenoxy) is 1. The first-order valence-electron chi connectivity index (χ1n) is 9.67. The number of aromatic nitrogens is 2. The lowest BCUT2D eigenvalue weighted by atomic mass is 9.96. The summed E-state index contributed by atoms with van der Waals surface area (Å²) in [5.74, 6) is 0.00399. The molecule has 8 heteroatoms. The van der Waals surface area contributed by atoms with Gasteiger partial charge in [0.25, 0.3) is 5.91 Å². The first kappa shape index (κ1) is 19.0. The molecule has 4 rings (SSSR count). The molecular weight excluding hydrogens is 376 g/mol. The predicted molar refractivity (Wildman–Crippen MR) is 106 cm³/mol. The van der Waals surface area contributed by atoms with E-state index in [9.17, 15) is 9.59 Å². The van der Waals surface area contributed by atoms with Crippen LogP contribution in [0.5, 0.6) is 0 Å². The average molecular weight is 401 g/mol. The summed E-state index contributed by atoms with van der Waals surface area (Å²) in [6.45, 7) is 5.51. The van der Waals surface area contributed by atoms with Crippen LogP contribution in [0.25, 0.3) is 10.6 Å². The van der Waals surface area contributed by atoms with Crippen LogP contribution in [0, 0.1) is 12.8 Å². The summed E-state index contributed by atoms with van der Waals surface area (Å²) in [5, 5.41) is 0.798. The van der Waals surface area contributed by atoms with E-state index in [0.29, 0.717) is 44.3 Å². The lowest BCUT2D eigenvalue weighted by molar-refractivity contribution is -0.141. The molecule has 0 spiro atoms. The minimum Gasteiger partial charge on any atom is -0.378 e. The summed E-state index contributed by atoms with van der Waals surface area (Å²) in [6, 6.07) is 3.80. The minimum absolute atomic E-state index is 0.0235. The van der Waals surface area contributed by atoms with Gasteiger partial charge in [-0.1, -0.05) is 0 Å². The zero-order valence-corrected chi connectivity index (χ0v) is 16.8. The molecule has 0 N–H and O–H groups in total. The third kappa shape index (κ3) is 3.93. The van der Waals surface area contributed by atoms with Gasteiger partial charge in [0.1, 0.15) is 9.88 Å². The molecule has 0 bridgehead atoms. The van der Waals surface area contributed by atoms with E-state index in [2.05, 4.69) is 9.97 Å². The number of hydrogen-bond donors (Lipinski definition) is 0. The van der Waals surface area contributed by atoms with Gasteiger partial charge in [-0.05, 0) is 31.9 Å². The van der Waals surface area contributed by atoms with Gasteiger partial charge in [0.05, 0.1) is 24.8 Å². The molecule has 0 saturated carbocycles. The van der Waals surface area contributed by atoms with Crippen molar-refractivity contribution >= 4 is 23.2 Å². The molecule has 0 aromatic carbocycles. The molecule has 0 aliphatic carbocycles. The molecule has 28 heavy (non-hydrogen) atoms. The zero-order chi connectivity index (χ0) is 19.5. The van der Waals surface area contributed by atoms with E-state index in [1.54, 1.807) is 12.4 Å². The van der Waals surface area contributed by atoms with Gasteiger partial charge in [0.15, 0.2) is 0 Å². The summed E-state index contributed by atoms with van der Waals surface area (Å²) in [4.78, 5) is 39.0. The monoisotopic (exact) mass is 400 g/mol. The normalized spacial score (nSPS) is 20.2. The van der Waals surface area contributed by atoms with Gasteiger partial charge >= 0.3 is 0 Å². The number of amides is 2. The quantitative estimate of drug-likeness (QED) is 0.790. The number of rotatable bonds is 3. The number of morpholine rings is 1. The second-order valence-electron chi connectivity index (χ2n) is 7.20. The van der Waals surface area contributed by atoms with Crippen molar-refractivity contribution in [3.63, 3.8) is 0 Å². The van der Waals surface area contributed by atoms with Gasteiger partial charge in [-0.2, -0.15) is 0 Å². The molecule has 2 amide bonds. The molecule has 4 heterocycles. The van der Waals surface area contributed by atoms with Crippen LogP contribution < -0.4 is 0 Å². The molecule has 1 atom stereocenters. The zero-order valence-electron chi connectivity index (χ0n) is 16.0. The third-order valence-corrected chi connectivity index (χ3v) is 6.47. The van der Waals surface area contributed by atoms with E-state index in [1.165, 1.54) is 11.3 Å². The Morgan fingerprint density at radius 1 is 1.21 bits per heavy atom. The average Bonchev–Trinajstić information content (AvgIpc) is 3.15. The highest BCUT2D eigenvalue weighted by atomic mass is 32.1. The lowest BCUT2D eigenvalue weighted by Crippen LogP contribution is -2.49. The second kappa shape index (κ2) is 8.36. The maximum Gasteiger partial charge on any atom is 0.265 e. The van der Waals surface area contributed by atoms with Gasteiger partial charge in [0.2, 0.25) is 5.91 Å². The fourth-order valence-electron chi connectivity index (χ4n) is 3.76. The van der Waals surface area contributed by atoms with Crippen molar-refractivity contribution in [2.24, 2.45) is 5.92 Å². The Labute approximate surface area is 168 Å². The van der Waals surface area contributed by atoms with E-state index in [-0.39, 0.29) is 17.7 Å². The van der Waals surface area contributed by atoms with Crippen LogP contribution in [-0.4, -0.2) is 71.0 Å². The lowest BCUT2D eigenvalue weighted by Gasteiger charge is -2.36. The summed E-state index contributed by atoms with van der Waals surface area (Å²) >= 11 is 1.40. The summed E-state index contributed by atoms with van der Waals surface area (Å²) in [5.41, 5.74) is 1.64. The van der Waals surface area contributed by atoms with Crippen LogP contribution >= 0.6 is 11.3 Å². The molecular formula is C20H24N4O3S. The summed E-state index contributed by atoms with van der Waals surface area (Å²) in [6.07, 6.45) is 5.15. The van der Waals surface area contributed by atoms with Gasteiger partial charge in [-0.3, -0.25) is 14.6 Å². The topological polar surface area (TPSA) is 75.6 Å². The molecule has 2 saturated heterocycles. The largest absolute Gasteiger partial charge is 0.378 e. The molecule has 2 aliphatic heterocycles. The summed E-state index contributed by atoms with van der Waals surface area (Å²) in [7, 11) is 0. The fourth-order valence-corrected chi connectivity index (χ4v) is 4.78. The van der Waals surface area contributed by atoms with Crippen LogP contribution in [0.4, 0.5) is 0 Å². The van der Waals surface area contributed by atoms with E-state index in [0.717, 1.165) is 29.1 Å². The van der Waals surface area contributed by atoms with Crippen LogP contribution in [-0.2, 0) is 9.53 Å². The molecule has 2 aromatic rings. The fraction of sp³-hybridized carbons (Fsp3) is 0.500. The number of carbonyl (C=O) groups excluding carboxylic acids is 2. The van der Waals surface area contributed by atoms with Crippen molar-refractivity contribution in [1.82, 2.24) is 19.8 Å². The number of piperidine rings is 1. The molecule has 0 radical (unpaired) electrons. The Kier molecular flexibility index (Phi) is 5.68. The number of aryl methyl sites for hydroxylation is 1. The van der Waals surface area contributed by atoms with E-state index < -0.39 is 0 Å². The first-order chi connectivity index (χ1) is 13.6. The van der Waals surface area contributed by atoms with Gasteiger partial charge in [-0.15, -0.1) is 11.3 Å². The Morgan fingerprint density at radius 3 is 2.79 bits per heavy atom.